The number of benzene rings is 1. The molecule has 1 aliphatic heterocycles. The van der Waals surface area contributed by atoms with E-state index in [4.69, 9.17) is 11.6 Å². The minimum Gasteiger partial charge on any atom is -0.362 e. The van der Waals surface area contributed by atoms with E-state index in [9.17, 15) is 13.2 Å². The van der Waals surface area contributed by atoms with E-state index in [1.807, 2.05) is 12.1 Å². The van der Waals surface area contributed by atoms with Gasteiger partial charge in [0.2, 0.25) is 0 Å². The Balaban J connectivity index is 1.84. The maximum absolute atomic E-state index is 12.6. The Kier molecular flexibility index (Phi) is 6.13. The number of alkyl halides is 3. The van der Waals surface area contributed by atoms with Crippen LogP contribution >= 0.6 is 11.6 Å². The lowest BCUT2D eigenvalue weighted by molar-refractivity contribution is -0.137. The second-order valence-corrected chi connectivity index (χ2v) is 8.23. The van der Waals surface area contributed by atoms with Crippen molar-refractivity contribution in [2.75, 3.05) is 16.9 Å². The van der Waals surface area contributed by atoms with Gasteiger partial charge in [-0.1, -0.05) is 24.6 Å². The van der Waals surface area contributed by atoms with Crippen molar-refractivity contribution in [3.8, 4) is 0 Å². The number of hydrazone groups is 1. The van der Waals surface area contributed by atoms with Gasteiger partial charge in [0, 0.05) is 29.6 Å². The fourth-order valence-corrected chi connectivity index (χ4v) is 3.85. The molecule has 4 nitrogen and oxygen atoms in total. The molecule has 30 heavy (non-hydrogen) atoms. The standard InChI is InChI=1S/C22H24ClF3N4/c1-5-8-30-19-10-18(23)15(9-17(19)14(2)11-21(30,3)4)12-28-29-20-7-6-16(13-27-20)22(24,25)26/h6-7,9-13H,5,8H2,1-4H3,(H,27,29)/b28-12+. The number of nitrogens with one attached hydrogen (secondary N) is 1. The molecule has 0 amide bonds. The zero-order valence-corrected chi connectivity index (χ0v) is 18.1. The number of nitrogens with zero attached hydrogens (tertiary/aromatic N) is 3. The Morgan fingerprint density at radius 3 is 2.60 bits per heavy atom. The number of rotatable bonds is 5. The van der Waals surface area contributed by atoms with Gasteiger partial charge in [-0.05, 0) is 57.0 Å². The van der Waals surface area contributed by atoms with Crippen LogP contribution in [0.4, 0.5) is 24.7 Å². The molecule has 0 atom stereocenters. The number of anilines is 2. The Bertz CT molecular complexity index is 979. The summed E-state index contributed by atoms with van der Waals surface area (Å²) in [6.45, 7) is 9.49. The summed E-state index contributed by atoms with van der Waals surface area (Å²) in [4.78, 5) is 6.07. The zero-order chi connectivity index (χ0) is 22.1. The lowest BCUT2D eigenvalue weighted by Crippen LogP contribution is -2.45. The van der Waals surface area contributed by atoms with Crippen LogP contribution in [0.2, 0.25) is 5.02 Å². The smallest absolute Gasteiger partial charge is 0.362 e. The Morgan fingerprint density at radius 2 is 2.00 bits per heavy atom. The second kappa shape index (κ2) is 8.30. The van der Waals surface area contributed by atoms with Crippen LogP contribution < -0.4 is 10.3 Å². The van der Waals surface area contributed by atoms with Gasteiger partial charge in [-0.15, -0.1) is 0 Å². The molecule has 1 N–H and O–H groups in total. The van der Waals surface area contributed by atoms with E-state index >= 15 is 0 Å². The summed E-state index contributed by atoms with van der Waals surface area (Å²) in [5.74, 6) is 0.209. The van der Waals surface area contributed by atoms with Crippen LogP contribution in [0.15, 0.2) is 41.6 Å². The van der Waals surface area contributed by atoms with Crippen molar-refractivity contribution in [2.24, 2.45) is 5.10 Å². The highest BCUT2D eigenvalue weighted by Gasteiger charge is 2.32. The topological polar surface area (TPSA) is 40.5 Å². The molecular weight excluding hydrogens is 413 g/mol. The van der Waals surface area contributed by atoms with Crippen molar-refractivity contribution in [3.63, 3.8) is 0 Å². The Morgan fingerprint density at radius 1 is 1.27 bits per heavy atom. The molecule has 3 rings (SSSR count). The van der Waals surface area contributed by atoms with Gasteiger partial charge in [0.15, 0.2) is 0 Å². The number of halogens is 4. The third-order valence-corrected chi connectivity index (χ3v) is 5.34. The monoisotopic (exact) mass is 436 g/mol. The molecule has 0 unspecified atom stereocenters. The van der Waals surface area contributed by atoms with Gasteiger partial charge in [0.1, 0.15) is 5.82 Å². The molecule has 0 aliphatic carbocycles. The van der Waals surface area contributed by atoms with E-state index < -0.39 is 11.7 Å². The van der Waals surface area contributed by atoms with Gasteiger partial charge in [0.25, 0.3) is 0 Å². The fourth-order valence-electron chi connectivity index (χ4n) is 3.64. The van der Waals surface area contributed by atoms with Crippen molar-refractivity contribution < 1.29 is 13.2 Å². The molecule has 1 aromatic heterocycles. The Hall–Kier alpha value is -2.54. The number of hydrogen-bond donors (Lipinski definition) is 1. The highest BCUT2D eigenvalue weighted by atomic mass is 35.5. The van der Waals surface area contributed by atoms with Gasteiger partial charge in [-0.3, -0.25) is 5.43 Å². The molecule has 2 aromatic rings. The van der Waals surface area contributed by atoms with E-state index in [0.29, 0.717) is 10.6 Å². The number of pyridine rings is 1. The van der Waals surface area contributed by atoms with E-state index in [2.05, 4.69) is 54.2 Å². The van der Waals surface area contributed by atoms with Gasteiger partial charge in [-0.2, -0.15) is 18.3 Å². The van der Waals surface area contributed by atoms with Crippen LogP contribution in [0.25, 0.3) is 5.57 Å². The van der Waals surface area contributed by atoms with Crippen LogP contribution in [0.1, 0.15) is 50.8 Å². The summed E-state index contributed by atoms with van der Waals surface area (Å²) < 4.78 is 37.9. The summed E-state index contributed by atoms with van der Waals surface area (Å²) in [7, 11) is 0. The van der Waals surface area contributed by atoms with Gasteiger partial charge < -0.3 is 4.90 Å². The fraction of sp³-hybridized carbons (Fsp3) is 0.364. The molecule has 0 saturated carbocycles. The summed E-state index contributed by atoms with van der Waals surface area (Å²) in [6, 6.07) is 6.11. The van der Waals surface area contributed by atoms with E-state index in [1.165, 1.54) is 6.07 Å². The van der Waals surface area contributed by atoms with Crippen LogP contribution in [0, 0.1) is 0 Å². The van der Waals surface area contributed by atoms with Crippen molar-refractivity contribution in [1.29, 1.82) is 0 Å². The summed E-state index contributed by atoms with van der Waals surface area (Å²) in [5, 5.41) is 4.63. The number of allylic oxidation sites excluding steroid dienone is 1. The summed E-state index contributed by atoms with van der Waals surface area (Å²) >= 11 is 6.51. The van der Waals surface area contributed by atoms with Crippen molar-refractivity contribution >= 4 is 34.9 Å². The molecule has 0 fully saturated rings. The first-order valence-electron chi connectivity index (χ1n) is 9.66. The molecule has 1 aromatic carbocycles. The van der Waals surface area contributed by atoms with Crippen molar-refractivity contribution in [2.45, 2.75) is 45.8 Å². The number of aromatic nitrogens is 1. The molecule has 0 spiro atoms. The van der Waals surface area contributed by atoms with Crippen LogP contribution in [-0.2, 0) is 6.18 Å². The first-order valence-corrected chi connectivity index (χ1v) is 10.0. The maximum atomic E-state index is 12.6. The minimum absolute atomic E-state index is 0.109. The zero-order valence-electron chi connectivity index (χ0n) is 17.3. The quantitative estimate of drug-likeness (QED) is 0.423. The predicted molar refractivity (Wildman–Crippen MR) is 117 cm³/mol. The summed E-state index contributed by atoms with van der Waals surface area (Å²) in [5.41, 5.74) is 5.76. The molecule has 0 radical (unpaired) electrons. The van der Waals surface area contributed by atoms with E-state index in [1.54, 1.807) is 6.21 Å². The van der Waals surface area contributed by atoms with Crippen molar-refractivity contribution in [1.82, 2.24) is 4.98 Å². The lowest BCUT2D eigenvalue weighted by Gasteiger charge is -2.43. The number of fused-ring (bicyclic) bond motifs is 1. The van der Waals surface area contributed by atoms with Crippen LogP contribution in [-0.4, -0.2) is 23.3 Å². The van der Waals surface area contributed by atoms with Gasteiger partial charge >= 0.3 is 6.18 Å². The number of hydrogen-bond acceptors (Lipinski definition) is 4. The predicted octanol–water partition coefficient (Wildman–Crippen LogP) is 6.61. The Labute approximate surface area is 179 Å². The normalized spacial score (nSPS) is 15.9. The average Bonchev–Trinajstić information content (AvgIpc) is 2.65. The first kappa shape index (κ1) is 22.2. The SMILES string of the molecule is CCCN1c2cc(Cl)c(/C=N/Nc3ccc(C(F)(F)F)cn3)cc2C(C)=CC1(C)C. The molecule has 2 heterocycles. The van der Waals surface area contributed by atoms with Gasteiger partial charge in [0.05, 0.1) is 22.3 Å². The largest absolute Gasteiger partial charge is 0.417 e. The molecule has 0 bridgehead atoms. The molecule has 1 aliphatic rings. The van der Waals surface area contributed by atoms with Crippen LogP contribution in [0.5, 0.6) is 0 Å². The second-order valence-electron chi connectivity index (χ2n) is 7.82. The molecule has 8 heteroatoms. The third-order valence-electron chi connectivity index (χ3n) is 5.02. The lowest BCUT2D eigenvalue weighted by atomic mass is 9.88. The molecule has 0 saturated heterocycles. The third kappa shape index (κ3) is 4.61. The van der Waals surface area contributed by atoms with E-state index in [0.717, 1.165) is 42.1 Å². The van der Waals surface area contributed by atoms with Crippen LogP contribution in [0.3, 0.4) is 0 Å². The minimum atomic E-state index is -4.42. The van der Waals surface area contributed by atoms with Gasteiger partial charge in [-0.25, -0.2) is 4.98 Å². The molecule has 160 valence electrons. The van der Waals surface area contributed by atoms with E-state index in [-0.39, 0.29) is 11.4 Å². The molecular formula is C22H24ClF3N4. The highest BCUT2D eigenvalue weighted by Crippen LogP contribution is 2.41. The average molecular weight is 437 g/mol. The highest BCUT2D eigenvalue weighted by molar-refractivity contribution is 6.33. The van der Waals surface area contributed by atoms with Crippen molar-refractivity contribution in [3.05, 3.63) is 58.3 Å². The maximum Gasteiger partial charge on any atom is 0.417 e. The summed E-state index contributed by atoms with van der Waals surface area (Å²) in [6.07, 6.45) is 1.14. The first-order chi connectivity index (χ1) is 14.0.